The summed E-state index contributed by atoms with van der Waals surface area (Å²) < 4.78 is 0. The van der Waals surface area contributed by atoms with Gasteiger partial charge < -0.3 is 4.79 Å². The molecule has 0 aromatic heterocycles. The molecule has 0 heterocycles. The smallest absolute Gasteiger partial charge is 0.123 e. The van der Waals surface area contributed by atoms with Crippen LogP contribution in [0.1, 0.15) is 13.3 Å². The van der Waals surface area contributed by atoms with Gasteiger partial charge in [0.25, 0.3) is 0 Å². The summed E-state index contributed by atoms with van der Waals surface area (Å²) in [4.78, 5) is 9.74. The van der Waals surface area contributed by atoms with Crippen LogP contribution in [0.15, 0.2) is 0 Å². The fourth-order valence-electron chi connectivity index (χ4n) is 0.192. The lowest BCUT2D eigenvalue weighted by atomic mass is 10.1. The van der Waals surface area contributed by atoms with Crippen LogP contribution in [0.3, 0.4) is 0 Å². The number of carbonyl (C=O) groups is 1. The van der Waals surface area contributed by atoms with Crippen LogP contribution in [0.4, 0.5) is 0 Å². The van der Waals surface area contributed by atoms with Gasteiger partial charge >= 0.3 is 0 Å². The summed E-state index contributed by atoms with van der Waals surface area (Å²) in [5.74, 6) is -0.0926. The molecule has 0 aliphatic heterocycles. The monoisotopic (exact) mass is 97.1 g/mol. The number of nitrogens with zero attached hydrogens (tertiary/aromatic N) is 1. The van der Waals surface area contributed by atoms with Crippen LogP contribution in [-0.4, -0.2) is 6.29 Å². The van der Waals surface area contributed by atoms with E-state index in [4.69, 9.17) is 5.26 Å². The normalized spacial score (nSPS) is 12.0. The fraction of sp³-hybridized carbons (Fsp3) is 0.600. The Morgan fingerprint density at radius 3 is 2.71 bits per heavy atom. The van der Waals surface area contributed by atoms with E-state index in [0.717, 1.165) is 6.29 Å². The maximum atomic E-state index is 9.74. The highest BCUT2D eigenvalue weighted by atomic mass is 16.1. The average molecular weight is 97.1 g/mol. The first-order chi connectivity index (χ1) is 3.31. The van der Waals surface area contributed by atoms with E-state index in [0.29, 0.717) is 6.42 Å². The molecular weight excluding hydrogens is 90.1 g/mol. The summed E-state index contributed by atoms with van der Waals surface area (Å²) in [7, 11) is 0. The molecule has 2 heteroatoms. The molecule has 0 aromatic carbocycles. The van der Waals surface area contributed by atoms with Crippen LogP contribution < -0.4 is 0 Å². The van der Waals surface area contributed by atoms with E-state index in [-0.39, 0.29) is 5.92 Å². The maximum absolute atomic E-state index is 9.74. The van der Waals surface area contributed by atoms with Crippen molar-refractivity contribution < 1.29 is 4.79 Å². The van der Waals surface area contributed by atoms with Crippen molar-refractivity contribution in [3.8, 4) is 6.07 Å². The second-order valence-electron chi connectivity index (χ2n) is 1.48. The third-order valence-electron chi connectivity index (χ3n) is 0.646. The Kier molecular flexibility index (Phi) is 2.95. The number of rotatable bonds is 2. The van der Waals surface area contributed by atoms with Crippen LogP contribution >= 0.6 is 0 Å². The minimum atomic E-state index is -0.0926. The quantitative estimate of drug-likeness (QED) is 0.477. The predicted octanol–water partition coefficient (Wildman–Crippen LogP) is 0.735. The molecule has 0 aliphatic carbocycles. The average Bonchev–Trinajstić information content (AvgIpc) is 1.68. The molecule has 0 N–H and O–H groups in total. The largest absolute Gasteiger partial charge is 0.303 e. The first-order valence-electron chi connectivity index (χ1n) is 2.13. The van der Waals surface area contributed by atoms with E-state index in [1.165, 1.54) is 0 Å². The van der Waals surface area contributed by atoms with Crippen LogP contribution in [0.25, 0.3) is 0 Å². The van der Waals surface area contributed by atoms with Gasteiger partial charge in [-0.25, -0.2) is 0 Å². The Hall–Kier alpha value is -0.840. The Labute approximate surface area is 42.8 Å². The summed E-state index contributed by atoms with van der Waals surface area (Å²) in [5, 5.41) is 7.96. The van der Waals surface area contributed by atoms with E-state index < -0.39 is 0 Å². The number of hydrogen-bond donors (Lipinski definition) is 0. The van der Waals surface area contributed by atoms with Crippen molar-refractivity contribution in [1.29, 1.82) is 5.26 Å². The zero-order chi connectivity index (χ0) is 5.70. The van der Waals surface area contributed by atoms with Gasteiger partial charge in [0.1, 0.15) is 6.29 Å². The molecule has 0 fully saturated rings. The molecule has 1 atom stereocenters. The molecular formula is C5H7NO. The number of nitriles is 1. The summed E-state index contributed by atoms with van der Waals surface area (Å²) in [5.41, 5.74) is 0. The van der Waals surface area contributed by atoms with E-state index in [1.807, 2.05) is 6.07 Å². The molecule has 0 rings (SSSR count). The minimum absolute atomic E-state index is 0.0926. The number of hydrogen-bond acceptors (Lipinski definition) is 2. The number of carbonyl (C=O) groups excluding carboxylic acids is 1. The topological polar surface area (TPSA) is 40.9 Å². The van der Waals surface area contributed by atoms with Crippen LogP contribution in [0.2, 0.25) is 0 Å². The van der Waals surface area contributed by atoms with Crippen molar-refractivity contribution in [1.82, 2.24) is 0 Å². The summed E-state index contributed by atoms with van der Waals surface area (Å²) in [6, 6.07) is 1.89. The van der Waals surface area contributed by atoms with Gasteiger partial charge in [0.15, 0.2) is 0 Å². The van der Waals surface area contributed by atoms with Crippen molar-refractivity contribution in [3.63, 3.8) is 0 Å². The second kappa shape index (κ2) is 3.35. The van der Waals surface area contributed by atoms with Gasteiger partial charge in [0.2, 0.25) is 0 Å². The van der Waals surface area contributed by atoms with Crippen molar-refractivity contribution in [2.45, 2.75) is 13.3 Å². The predicted molar refractivity (Wildman–Crippen MR) is 25.5 cm³/mol. The third kappa shape index (κ3) is 2.98. The highest BCUT2D eigenvalue weighted by Gasteiger charge is 1.93. The standard InChI is InChI=1S/C5H7NO/c1-5(4-7)2-3-6/h4-5H,2H2,1H3. The van der Waals surface area contributed by atoms with E-state index in [9.17, 15) is 4.79 Å². The van der Waals surface area contributed by atoms with Crippen molar-refractivity contribution in [3.05, 3.63) is 0 Å². The van der Waals surface area contributed by atoms with Crippen LogP contribution in [0.5, 0.6) is 0 Å². The van der Waals surface area contributed by atoms with Gasteiger partial charge in [-0.05, 0) is 0 Å². The van der Waals surface area contributed by atoms with E-state index >= 15 is 0 Å². The highest BCUT2D eigenvalue weighted by Crippen LogP contribution is 1.92. The number of aldehydes is 1. The molecule has 0 aromatic rings. The SMILES string of the molecule is CC(C=O)CC#N. The van der Waals surface area contributed by atoms with Gasteiger partial charge in [0.05, 0.1) is 6.07 Å². The van der Waals surface area contributed by atoms with Gasteiger partial charge in [-0.1, -0.05) is 6.92 Å². The lowest BCUT2D eigenvalue weighted by molar-refractivity contribution is -0.110. The van der Waals surface area contributed by atoms with Crippen molar-refractivity contribution in [2.24, 2.45) is 5.92 Å². The molecule has 0 bridgehead atoms. The summed E-state index contributed by atoms with van der Waals surface area (Å²) >= 11 is 0. The molecule has 0 spiro atoms. The molecule has 0 saturated heterocycles. The van der Waals surface area contributed by atoms with Gasteiger partial charge in [-0.15, -0.1) is 0 Å². The van der Waals surface area contributed by atoms with E-state index in [1.54, 1.807) is 6.92 Å². The zero-order valence-electron chi connectivity index (χ0n) is 4.22. The van der Waals surface area contributed by atoms with Gasteiger partial charge in [0, 0.05) is 12.3 Å². The zero-order valence-corrected chi connectivity index (χ0v) is 4.22. The van der Waals surface area contributed by atoms with Gasteiger partial charge in [-0.2, -0.15) is 5.26 Å². The summed E-state index contributed by atoms with van der Waals surface area (Å²) in [6.07, 6.45) is 1.12. The first-order valence-corrected chi connectivity index (χ1v) is 2.13. The molecule has 38 valence electrons. The highest BCUT2D eigenvalue weighted by molar-refractivity contribution is 5.53. The lowest BCUT2D eigenvalue weighted by Gasteiger charge is -1.87. The van der Waals surface area contributed by atoms with E-state index in [2.05, 4.69) is 0 Å². The third-order valence-corrected chi connectivity index (χ3v) is 0.646. The molecule has 2 nitrogen and oxygen atoms in total. The first kappa shape index (κ1) is 6.16. The minimum Gasteiger partial charge on any atom is -0.303 e. The second-order valence-corrected chi connectivity index (χ2v) is 1.48. The molecule has 0 amide bonds. The molecule has 0 saturated carbocycles. The van der Waals surface area contributed by atoms with Crippen molar-refractivity contribution >= 4 is 6.29 Å². The Morgan fingerprint density at radius 2 is 2.57 bits per heavy atom. The molecule has 1 unspecified atom stereocenters. The molecule has 0 aliphatic rings. The summed E-state index contributed by atoms with van der Waals surface area (Å²) in [6.45, 7) is 1.72. The fourth-order valence-corrected chi connectivity index (χ4v) is 0.192. The Bertz CT molecular complexity index is 92.7. The van der Waals surface area contributed by atoms with Gasteiger partial charge in [-0.3, -0.25) is 0 Å². The van der Waals surface area contributed by atoms with Crippen LogP contribution in [-0.2, 0) is 4.79 Å². The Morgan fingerprint density at radius 1 is 2.00 bits per heavy atom. The van der Waals surface area contributed by atoms with Crippen LogP contribution in [0, 0.1) is 17.2 Å². The molecule has 7 heavy (non-hydrogen) atoms. The Balaban J connectivity index is 3.21. The lowest BCUT2D eigenvalue weighted by Crippen LogP contribution is -1.91. The molecule has 0 radical (unpaired) electrons. The van der Waals surface area contributed by atoms with Crippen molar-refractivity contribution in [2.75, 3.05) is 0 Å². The maximum Gasteiger partial charge on any atom is 0.123 e.